The molecule has 0 aromatic rings. The molecule has 0 bridgehead atoms. The standard InChI is InChI=1S/C7H9BrF4.2C2H4O2/c8-7(11,12)6(9,10)5-3-1-2-4-5;2*1-4-2-3/h5H,1-4H2;2*2H,1H3. The Morgan fingerprint density at radius 3 is 1.50 bits per heavy atom. The van der Waals surface area contributed by atoms with Crippen LogP contribution in [0.15, 0.2) is 0 Å². The van der Waals surface area contributed by atoms with Gasteiger partial charge >= 0.3 is 10.8 Å². The van der Waals surface area contributed by atoms with Crippen LogP contribution in [-0.2, 0) is 19.1 Å². The summed E-state index contributed by atoms with van der Waals surface area (Å²) in [6.45, 7) is 0.750. The first kappa shape index (κ1) is 21.4. The number of ether oxygens (including phenoxy) is 2. The van der Waals surface area contributed by atoms with Gasteiger partial charge in [0.05, 0.1) is 14.2 Å². The van der Waals surface area contributed by atoms with Gasteiger partial charge < -0.3 is 9.47 Å². The third-order valence-corrected chi connectivity index (χ3v) is 2.97. The van der Waals surface area contributed by atoms with E-state index in [-0.39, 0.29) is 12.8 Å². The minimum absolute atomic E-state index is 0.203. The first-order valence-corrected chi connectivity index (χ1v) is 6.35. The van der Waals surface area contributed by atoms with Gasteiger partial charge in [0.15, 0.2) is 0 Å². The van der Waals surface area contributed by atoms with Gasteiger partial charge in [0.2, 0.25) is 0 Å². The van der Waals surface area contributed by atoms with Crippen molar-refractivity contribution in [3.05, 3.63) is 0 Å². The highest BCUT2D eigenvalue weighted by Gasteiger charge is 2.59. The fourth-order valence-electron chi connectivity index (χ4n) is 1.52. The molecule has 0 aliphatic heterocycles. The molecule has 1 rings (SSSR count). The Morgan fingerprint density at radius 2 is 1.30 bits per heavy atom. The largest absolute Gasteiger partial charge is 0.471 e. The van der Waals surface area contributed by atoms with Crippen molar-refractivity contribution in [1.82, 2.24) is 0 Å². The molecule has 0 amide bonds. The summed E-state index contributed by atoms with van der Waals surface area (Å²) in [5, 5.41) is 0. The molecule has 9 heteroatoms. The SMILES string of the molecule is COC=O.COC=O.FC(F)(Br)C(F)(F)C1CCCC1. The molecule has 0 saturated heterocycles. The van der Waals surface area contributed by atoms with E-state index in [9.17, 15) is 17.6 Å². The highest BCUT2D eigenvalue weighted by atomic mass is 79.9. The van der Waals surface area contributed by atoms with Crippen LogP contribution in [0.3, 0.4) is 0 Å². The van der Waals surface area contributed by atoms with Crippen LogP contribution in [0.25, 0.3) is 0 Å². The van der Waals surface area contributed by atoms with Crippen molar-refractivity contribution in [1.29, 1.82) is 0 Å². The van der Waals surface area contributed by atoms with E-state index >= 15 is 0 Å². The van der Waals surface area contributed by atoms with Crippen LogP contribution in [0, 0.1) is 5.92 Å². The van der Waals surface area contributed by atoms with Gasteiger partial charge in [-0.2, -0.15) is 17.6 Å². The fourth-order valence-corrected chi connectivity index (χ4v) is 1.84. The molecule has 4 nitrogen and oxygen atoms in total. The molecule has 0 N–H and O–H groups in total. The monoisotopic (exact) mass is 368 g/mol. The van der Waals surface area contributed by atoms with Crippen LogP contribution in [0.4, 0.5) is 17.6 Å². The summed E-state index contributed by atoms with van der Waals surface area (Å²) in [7, 11) is 2.62. The number of hydrogen-bond acceptors (Lipinski definition) is 4. The summed E-state index contributed by atoms with van der Waals surface area (Å²) in [6, 6.07) is 0. The van der Waals surface area contributed by atoms with E-state index < -0.39 is 16.7 Å². The maximum absolute atomic E-state index is 12.8. The van der Waals surface area contributed by atoms with E-state index in [4.69, 9.17) is 9.59 Å². The topological polar surface area (TPSA) is 52.6 Å². The molecule has 1 fully saturated rings. The Hall–Kier alpha value is -0.860. The Balaban J connectivity index is 0. The van der Waals surface area contributed by atoms with Gasteiger partial charge in [0.1, 0.15) is 0 Å². The van der Waals surface area contributed by atoms with E-state index in [1.807, 2.05) is 0 Å². The Labute approximate surface area is 122 Å². The molecule has 20 heavy (non-hydrogen) atoms. The summed E-state index contributed by atoms with van der Waals surface area (Å²) in [6.07, 6.45) is 1.66. The van der Waals surface area contributed by atoms with Gasteiger partial charge in [-0.05, 0) is 28.8 Å². The van der Waals surface area contributed by atoms with Gasteiger partial charge in [-0.25, -0.2) is 0 Å². The lowest BCUT2D eigenvalue weighted by Crippen LogP contribution is -2.41. The molecular formula is C11H17BrF4O4. The number of methoxy groups -OCH3 is 2. The van der Waals surface area contributed by atoms with Crippen LogP contribution in [0.1, 0.15) is 25.7 Å². The molecule has 1 aliphatic carbocycles. The minimum Gasteiger partial charge on any atom is -0.471 e. The molecule has 0 heterocycles. The Kier molecular flexibility index (Phi) is 11.7. The smallest absolute Gasteiger partial charge is 0.363 e. The van der Waals surface area contributed by atoms with Gasteiger partial charge in [-0.15, -0.1) is 0 Å². The zero-order valence-electron chi connectivity index (χ0n) is 11.1. The lowest BCUT2D eigenvalue weighted by Gasteiger charge is -2.26. The average molecular weight is 369 g/mol. The predicted octanol–water partition coefficient (Wildman–Crippen LogP) is 3.38. The Morgan fingerprint density at radius 1 is 1.00 bits per heavy atom. The fraction of sp³-hybridized carbons (Fsp3) is 0.818. The number of halogens is 5. The summed E-state index contributed by atoms with van der Waals surface area (Å²) in [5.41, 5.74) is 0. The summed E-state index contributed by atoms with van der Waals surface area (Å²) >= 11 is 1.73. The van der Waals surface area contributed by atoms with Crippen LogP contribution >= 0.6 is 15.9 Å². The lowest BCUT2D eigenvalue weighted by atomic mass is 10.0. The van der Waals surface area contributed by atoms with Gasteiger partial charge in [0.25, 0.3) is 12.9 Å². The number of carbonyl (C=O) groups excluding carboxylic acids is 2. The minimum atomic E-state index is -4.06. The van der Waals surface area contributed by atoms with Crippen molar-refractivity contribution in [3.63, 3.8) is 0 Å². The molecular weight excluding hydrogens is 352 g/mol. The highest BCUT2D eigenvalue weighted by molar-refractivity contribution is 9.10. The van der Waals surface area contributed by atoms with Crippen molar-refractivity contribution in [2.75, 3.05) is 14.2 Å². The third-order valence-electron chi connectivity index (χ3n) is 2.44. The van der Waals surface area contributed by atoms with E-state index in [1.165, 1.54) is 14.2 Å². The maximum atomic E-state index is 12.8. The highest BCUT2D eigenvalue weighted by Crippen LogP contribution is 2.49. The molecule has 0 aromatic carbocycles. The second-order valence-corrected chi connectivity index (χ2v) is 4.76. The molecule has 0 aromatic heterocycles. The zero-order valence-corrected chi connectivity index (χ0v) is 12.7. The second-order valence-electron chi connectivity index (χ2n) is 3.77. The van der Waals surface area contributed by atoms with Crippen LogP contribution in [0.5, 0.6) is 0 Å². The predicted molar refractivity (Wildman–Crippen MR) is 66.9 cm³/mol. The van der Waals surface area contributed by atoms with Gasteiger partial charge in [-0.1, -0.05) is 12.8 Å². The molecule has 1 saturated carbocycles. The number of alkyl halides is 5. The van der Waals surface area contributed by atoms with E-state index in [0.717, 1.165) is 0 Å². The average Bonchev–Trinajstić information content (AvgIpc) is 2.92. The Bertz CT molecular complexity index is 258. The van der Waals surface area contributed by atoms with Crippen molar-refractivity contribution < 1.29 is 36.6 Å². The van der Waals surface area contributed by atoms with Crippen molar-refractivity contribution in [2.24, 2.45) is 5.92 Å². The van der Waals surface area contributed by atoms with E-state index in [2.05, 4.69) is 9.47 Å². The first-order chi connectivity index (χ1) is 9.18. The number of carbonyl (C=O) groups is 2. The van der Waals surface area contributed by atoms with E-state index in [1.54, 1.807) is 15.9 Å². The molecule has 0 spiro atoms. The van der Waals surface area contributed by atoms with Gasteiger partial charge in [-0.3, -0.25) is 9.59 Å². The van der Waals surface area contributed by atoms with Crippen LogP contribution in [-0.4, -0.2) is 37.9 Å². The maximum Gasteiger partial charge on any atom is 0.363 e. The third kappa shape index (κ3) is 8.34. The van der Waals surface area contributed by atoms with E-state index in [0.29, 0.717) is 25.8 Å². The molecule has 0 radical (unpaired) electrons. The van der Waals surface area contributed by atoms with Gasteiger partial charge in [0, 0.05) is 5.92 Å². The van der Waals surface area contributed by atoms with Crippen molar-refractivity contribution >= 4 is 28.9 Å². The van der Waals surface area contributed by atoms with Crippen molar-refractivity contribution in [3.8, 4) is 0 Å². The first-order valence-electron chi connectivity index (χ1n) is 5.56. The van der Waals surface area contributed by atoms with Crippen LogP contribution < -0.4 is 0 Å². The number of hydrogen-bond donors (Lipinski definition) is 0. The number of rotatable bonds is 4. The summed E-state index contributed by atoms with van der Waals surface area (Å²) in [5.74, 6) is -5.06. The summed E-state index contributed by atoms with van der Waals surface area (Å²) < 4.78 is 58.0. The molecule has 0 atom stereocenters. The second kappa shape index (κ2) is 10.9. The van der Waals surface area contributed by atoms with Crippen molar-refractivity contribution in [2.45, 2.75) is 36.4 Å². The molecule has 0 unspecified atom stereocenters. The summed E-state index contributed by atoms with van der Waals surface area (Å²) in [4.78, 5) is 13.8. The lowest BCUT2D eigenvalue weighted by molar-refractivity contribution is -0.180. The normalized spacial score (nSPS) is 15.2. The van der Waals surface area contributed by atoms with Crippen LogP contribution in [0.2, 0.25) is 0 Å². The molecule has 1 aliphatic rings. The zero-order chi connectivity index (χ0) is 16.2. The molecule has 120 valence electrons. The quantitative estimate of drug-likeness (QED) is 0.433.